The number of aryl methyl sites for hydroxylation is 1. The van der Waals surface area contributed by atoms with Gasteiger partial charge in [0.05, 0.1) is 19.4 Å². The molecule has 182 valence electrons. The fraction of sp³-hybridized carbons (Fsp3) is 0.500. The SMILES string of the molecule is Cc1cccc(C(=O)N2C(C(=O)NCc3ccco3)COC23CCN(C(=O)C(C)(C)C)CC3)c1. The first-order valence-electron chi connectivity index (χ1n) is 11.7. The van der Waals surface area contributed by atoms with Gasteiger partial charge in [0.1, 0.15) is 17.5 Å². The summed E-state index contributed by atoms with van der Waals surface area (Å²) in [5.74, 6) is 0.176. The Morgan fingerprint density at radius 3 is 2.47 bits per heavy atom. The minimum Gasteiger partial charge on any atom is -0.467 e. The van der Waals surface area contributed by atoms with E-state index in [0.717, 1.165) is 5.56 Å². The topological polar surface area (TPSA) is 92.1 Å². The Bertz CT molecular complexity index is 1050. The Labute approximate surface area is 200 Å². The van der Waals surface area contributed by atoms with Gasteiger partial charge in [0.25, 0.3) is 5.91 Å². The van der Waals surface area contributed by atoms with Gasteiger partial charge in [-0.25, -0.2) is 0 Å². The first kappa shape index (κ1) is 24.0. The lowest BCUT2D eigenvalue weighted by molar-refractivity contribution is -0.150. The number of nitrogens with zero attached hydrogens (tertiary/aromatic N) is 2. The van der Waals surface area contributed by atoms with Crippen LogP contribution in [0.15, 0.2) is 47.1 Å². The Morgan fingerprint density at radius 2 is 1.85 bits per heavy atom. The van der Waals surface area contributed by atoms with Gasteiger partial charge in [0.2, 0.25) is 11.8 Å². The van der Waals surface area contributed by atoms with E-state index in [4.69, 9.17) is 9.15 Å². The summed E-state index contributed by atoms with van der Waals surface area (Å²) in [4.78, 5) is 43.2. The van der Waals surface area contributed by atoms with Crippen molar-refractivity contribution in [2.24, 2.45) is 5.41 Å². The number of rotatable bonds is 4. The van der Waals surface area contributed by atoms with E-state index in [-0.39, 0.29) is 30.9 Å². The van der Waals surface area contributed by atoms with Gasteiger partial charge in [-0.2, -0.15) is 0 Å². The lowest BCUT2D eigenvalue weighted by Crippen LogP contribution is -2.60. The van der Waals surface area contributed by atoms with Gasteiger partial charge >= 0.3 is 0 Å². The molecule has 8 heteroatoms. The number of carbonyl (C=O) groups is 3. The number of carbonyl (C=O) groups excluding carboxylic acids is 3. The van der Waals surface area contributed by atoms with Crippen LogP contribution >= 0.6 is 0 Å². The quantitative estimate of drug-likeness (QED) is 0.746. The molecule has 34 heavy (non-hydrogen) atoms. The summed E-state index contributed by atoms with van der Waals surface area (Å²) >= 11 is 0. The lowest BCUT2D eigenvalue weighted by atomic mass is 9.91. The second-order valence-corrected chi connectivity index (χ2v) is 10.2. The maximum Gasteiger partial charge on any atom is 0.256 e. The summed E-state index contributed by atoms with van der Waals surface area (Å²) in [6.45, 7) is 8.90. The van der Waals surface area contributed by atoms with Gasteiger partial charge in [-0.3, -0.25) is 19.3 Å². The van der Waals surface area contributed by atoms with Crippen LogP contribution in [-0.2, 0) is 20.9 Å². The predicted molar refractivity (Wildman–Crippen MR) is 126 cm³/mol. The van der Waals surface area contributed by atoms with E-state index in [1.54, 1.807) is 29.4 Å². The van der Waals surface area contributed by atoms with E-state index in [0.29, 0.717) is 37.3 Å². The van der Waals surface area contributed by atoms with Gasteiger partial charge in [-0.1, -0.05) is 38.5 Å². The van der Waals surface area contributed by atoms with Crippen LogP contribution in [0.5, 0.6) is 0 Å². The molecular weight excluding hydrogens is 434 g/mol. The molecule has 0 bridgehead atoms. The van der Waals surface area contributed by atoms with Gasteiger partial charge in [0.15, 0.2) is 0 Å². The molecule has 1 aromatic carbocycles. The van der Waals surface area contributed by atoms with Crippen LogP contribution in [-0.4, -0.2) is 59.0 Å². The fourth-order valence-corrected chi connectivity index (χ4v) is 4.72. The smallest absolute Gasteiger partial charge is 0.256 e. The second kappa shape index (κ2) is 9.25. The highest BCUT2D eigenvalue weighted by molar-refractivity contribution is 5.98. The van der Waals surface area contributed by atoms with Gasteiger partial charge in [-0.05, 0) is 31.2 Å². The van der Waals surface area contributed by atoms with Crippen molar-refractivity contribution in [1.82, 2.24) is 15.1 Å². The molecule has 3 heterocycles. The number of furan rings is 1. The van der Waals surface area contributed by atoms with E-state index >= 15 is 0 Å². The van der Waals surface area contributed by atoms with E-state index in [1.165, 1.54) is 0 Å². The molecule has 1 N–H and O–H groups in total. The molecule has 2 saturated heterocycles. The number of amides is 3. The Hall–Kier alpha value is -3.13. The molecule has 2 aliphatic rings. The zero-order valence-electron chi connectivity index (χ0n) is 20.3. The number of likely N-dealkylation sites (tertiary alicyclic amines) is 1. The van der Waals surface area contributed by atoms with Crippen molar-refractivity contribution in [2.75, 3.05) is 19.7 Å². The van der Waals surface area contributed by atoms with Crippen LogP contribution < -0.4 is 5.32 Å². The predicted octanol–water partition coefficient (Wildman–Crippen LogP) is 3.11. The molecule has 0 aliphatic carbocycles. The number of hydrogen-bond acceptors (Lipinski definition) is 5. The maximum absolute atomic E-state index is 13.8. The van der Waals surface area contributed by atoms with Crippen molar-refractivity contribution in [1.29, 1.82) is 0 Å². The zero-order chi connectivity index (χ0) is 24.5. The minimum atomic E-state index is -0.928. The number of nitrogens with one attached hydrogen (secondary N) is 1. The average molecular weight is 468 g/mol. The van der Waals surface area contributed by atoms with Crippen LogP contribution in [0.25, 0.3) is 0 Å². The first-order valence-corrected chi connectivity index (χ1v) is 11.7. The largest absolute Gasteiger partial charge is 0.467 e. The number of hydrogen-bond donors (Lipinski definition) is 1. The van der Waals surface area contributed by atoms with Gasteiger partial charge in [-0.15, -0.1) is 0 Å². The molecule has 0 radical (unpaired) electrons. The van der Waals surface area contributed by atoms with Crippen molar-refractivity contribution in [3.8, 4) is 0 Å². The van der Waals surface area contributed by atoms with E-state index in [2.05, 4.69) is 5.32 Å². The van der Waals surface area contributed by atoms with Gasteiger partial charge in [0, 0.05) is 36.9 Å². The minimum absolute atomic E-state index is 0.0737. The third-order valence-electron chi connectivity index (χ3n) is 6.54. The van der Waals surface area contributed by atoms with Crippen LogP contribution in [0, 0.1) is 12.3 Å². The molecule has 2 fully saturated rings. The van der Waals surface area contributed by atoms with Crippen molar-refractivity contribution >= 4 is 17.7 Å². The maximum atomic E-state index is 13.8. The third-order valence-corrected chi connectivity index (χ3v) is 6.54. The molecule has 3 amide bonds. The highest BCUT2D eigenvalue weighted by Gasteiger charge is 2.54. The van der Waals surface area contributed by atoms with E-state index in [1.807, 2.05) is 50.8 Å². The number of benzene rings is 1. The van der Waals surface area contributed by atoms with Crippen molar-refractivity contribution in [2.45, 2.75) is 58.8 Å². The highest BCUT2D eigenvalue weighted by atomic mass is 16.5. The molecule has 8 nitrogen and oxygen atoms in total. The van der Waals surface area contributed by atoms with Crippen molar-refractivity contribution < 1.29 is 23.5 Å². The highest BCUT2D eigenvalue weighted by Crippen LogP contribution is 2.39. The first-order chi connectivity index (χ1) is 16.1. The molecule has 0 saturated carbocycles. The fourth-order valence-electron chi connectivity index (χ4n) is 4.72. The van der Waals surface area contributed by atoms with E-state index < -0.39 is 17.2 Å². The average Bonchev–Trinajstić information content (AvgIpc) is 3.45. The molecule has 1 spiro atoms. The summed E-state index contributed by atoms with van der Waals surface area (Å²) < 4.78 is 11.5. The van der Waals surface area contributed by atoms with Gasteiger partial charge < -0.3 is 19.4 Å². The van der Waals surface area contributed by atoms with Crippen LogP contribution in [0.4, 0.5) is 0 Å². The Kier molecular flexibility index (Phi) is 6.53. The van der Waals surface area contributed by atoms with E-state index in [9.17, 15) is 14.4 Å². The molecular formula is C26H33N3O5. The normalized spacial score (nSPS) is 19.9. The van der Waals surface area contributed by atoms with Crippen LogP contribution in [0.3, 0.4) is 0 Å². The summed E-state index contributed by atoms with van der Waals surface area (Å²) in [6.07, 6.45) is 2.46. The molecule has 4 rings (SSSR count). The zero-order valence-corrected chi connectivity index (χ0v) is 20.3. The summed E-state index contributed by atoms with van der Waals surface area (Å²) in [5, 5.41) is 2.87. The number of ether oxygens (including phenoxy) is 1. The molecule has 2 aromatic rings. The Balaban J connectivity index is 1.57. The molecule has 1 unspecified atom stereocenters. The lowest BCUT2D eigenvalue weighted by Gasteiger charge is -2.45. The summed E-state index contributed by atoms with van der Waals surface area (Å²) in [5.41, 5.74) is 0.0699. The van der Waals surface area contributed by atoms with Crippen LogP contribution in [0.2, 0.25) is 0 Å². The summed E-state index contributed by atoms with van der Waals surface area (Å²) in [7, 11) is 0. The molecule has 1 atom stereocenters. The molecule has 1 aromatic heterocycles. The molecule has 2 aliphatic heterocycles. The summed E-state index contributed by atoms with van der Waals surface area (Å²) in [6, 6.07) is 10.1. The monoisotopic (exact) mass is 467 g/mol. The Morgan fingerprint density at radius 1 is 1.12 bits per heavy atom. The van der Waals surface area contributed by atoms with Crippen molar-refractivity contribution in [3.05, 3.63) is 59.5 Å². The standard InChI is InChI=1S/C26H33N3O5/c1-18-7-5-8-19(15-18)23(31)29-21(22(30)27-16-20-9-6-14-33-20)17-34-26(29)10-12-28(13-11-26)24(32)25(2,3)4/h5-9,14-15,21H,10-13,16-17H2,1-4H3,(H,27,30). The van der Waals surface area contributed by atoms with Crippen molar-refractivity contribution in [3.63, 3.8) is 0 Å². The third kappa shape index (κ3) is 4.73. The number of piperidine rings is 1. The van der Waals surface area contributed by atoms with Crippen LogP contribution in [0.1, 0.15) is 55.3 Å². The second-order valence-electron chi connectivity index (χ2n) is 10.2.